The van der Waals surface area contributed by atoms with Crippen LogP contribution in [0.4, 0.5) is 0 Å². The van der Waals surface area contributed by atoms with Crippen LogP contribution in [0.5, 0.6) is 23.0 Å². The summed E-state index contributed by atoms with van der Waals surface area (Å²) in [5, 5.41) is 23.8. The summed E-state index contributed by atoms with van der Waals surface area (Å²) in [6.45, 7) is 0.114. The SMILES string of the molecule is COc1cc(C=O)cc(I)c1OC1C=C(C(=O)NCCO)CC(N(Cc2ccc3c(c2)OCO3)C(=O)CC2CCCC2)C1O. The molecule has 0 radical (unpaired) electrons. The van der Waals surface area contributed by atoms with Crippen LogP contribution in [0.1, 0.15) is 54.4 Å². The number of fused-ring (bicyclic) bond motifs is 1. The quantitative estimate of drug-likeness (QED) is 0.222. The van der Waals surface area contributed by atoms with Crippen molar-refractivity contribution in [2.45, 2.75) is 63.3 Å². The summed E-state index contributed by atoms with van der Waals surface area (Å²) in [5.74, 6) is 1.53. The summed E-state index contributed by atoms with van der Waals surface area (Å²) >= 11 is 2.02. The van der Waals surface area contributed by atoms with Crippen LogP contribution in [0.25, 0.3) is 0 Å². The van der Waals surface area contributed by atoms with Crippen molar-refractivity contribution < 1.29 is 43.5 Å². The Morgan fingerprint density at radius 2 is 1.93 bits per heavy atom. The van der Waals surface area contributed by atoms with E-state index in [-0.39, 0.29) is 44.7 Å². The normalized spacial score (nSPS) is 21.0. The predicted molar refractivity (Wildman–Crippen MR) is 168 cm³/mol. The molecule has 2 aromatic rings. The van der Waals surface area contributed by atoms with Crippen LogP contribution in [0.3, 0.4) is 0 Å². The zero-order chi connectivity index (χ0) is 31.2. The van der Waals surface area contributed by atoms with Gasteiger partial charge >= 0.3 is 0 Å². The van der Waals surface area contributed by atoms with Crippen LogP contribution >= 0.6 is 22.6 Å². The van der Waals surface area contributed by atoms with E-state index in [0.29, 0.717) is 50.4 Å². The van der Waals surface area contributed by atoms with Gasteiger partial charge in [0.05, 0.1) is 23.3 Å². The van der Waals surface area contributed by atoms with Crippen LogP contribution in [0.15, 0.2) is 42.0 Å². The molecule has 0 aromatic heterocycles. The summed E-state index contributed by atoms with van der Waals surface area (Å²) in [6, 6.07) is 7.84. The number of aldehydes is 1. The van der Waals surface area contributed by atoms with Crippen LogP contribution < -0.4 is 24.3 Å². The fourth-order valence-corrected chi connectivity index (χ4v) is 6.80. The zero-order valence-electron chi connectivity index (χ0n) is 24.5. The highest BCUT2D eigenvalue weighted by molar-refractivity contribution is 14.1. The summed E-state index contributed by atoms with van der Waals surface area (Å²) in [6.07, 6.45) is 4.56. The smallest absolute Gasteiger partial charge is 0.247 e. The number of aliphatic hydroxyl groups is 2. The molecular formula is C32H37IN2O9. The molecule has 3 unspecified atom stereocenters. The molecule has 11 nitrogen and oxygen atoms in total. The Kier molecular flexibility index (Phi) is 10.6. The highest BCUT2D eigenvalue weighted by Gasteiger charge is 2.41. The molecule has 0 spiro atoms. The number of hydrogen-bond acceptors (Lipinski definition) is 9. The number of ether oxygens (including phenoxy) is 4. The van der Waals surface area contributed by atoms with E-state index in [9.17, 15) is 24.6 Å². The Morgan fingerprint density at radius 3 is 2.66 bits per heavy atom. The second-order valence-corrected chi connectivity index (χ2v) is 12.4. The van der Waals surface area contributed by atoms with Gasteiger partial charge in [0.1, 0.15) is 18.5 Å². The maximum atomic E-state index is 14.0. The van der Waals surface area contributed by atoms with Crippen LogP contribution in [0, 0.1) is 9.49 Å². The minimum atomic E-state index is -1.21. The van der Waals surface area contributed by atoms with E-state index in [2.05, 4.69) is 5.32 Å². The second-order valence-electron chi connectivity index (χ2n) is 11.2. The first-order chi connectivity index (χ1) is 21.3. The number of benzene rings is 2. The van der Waals surface area contributed by atoms with Crippen molar-refractivity contribution in [3.8, 4) is 23.0 Å². The van der Waals surface area contributed by atoms with Gasteiger partial charge in [-0.15, -0.1) is 0 Å². The van der Waals surface area contributed by atoms with E-state index in [1.54, 1.807) is 23.1 Å². The molecule has 1 heterocycles. The molecule has 2 amide bonds. The lowest BCUT2D eigenvalue weighted by Crippen LogP contribution is -2.55. The molecular weight excluding hydrogens is 683 g/mol. The molecule has 12 heteroatoms. The maximum absolute atomic E-state index is 14.0. The lowest BCUT2D eigenvalue weighted by molar-refractivity contribution is -0.140. The topological polar surface area (TPSA) is 144 Å². The minimum absolute atomic E-state index is 0.0509. The number of methoxy groups -OCH3 is 1. The lowest BCUT2D eigenvalue weighted by Gasteiger charge is -2.41. The first-order valence-corrected chi connectivity index (χ1v) is 15.8. The Morgan fingerprint density at radius 1 is 1.16 bits per heavy atom. The molecule has 0 saturated heterocycles. The van der Waals surface area contributed by atoms with Crippen molar-refractivity contribution in [1.29, 1.82) is 0 Å². The number of nitrogens with one attached hydrogen (secondary N) is 1. The molecule has 44 heavy (non-hydrogen) atoms. The first-order valence-electron chi connectivity index (χ1n) is 14.8. The highest BCUT2D eigenvalue weighted by atomic mass is 127. The van der Waals surface area contributed by atoms with Gasteiger partial charge in [0.15, 0.2) is 23.0 Å². The van der Waals surface area contributed by atoms with Gasteiger partial charge in [-0.05, 0) is 77.3 Å². The van der Waals surface area contributed by atoms with E-state index in [0.717, 1.165) is 31.2 Å². The standard InChI is InChI=1S/C32H37IN2O9/c1-41-28-12-21(17-37)10-23(33)31(28)44-27-15-22(32(40)34-8-9-36)14-24(30(27)39)35(29(38)13-19-4-2-3-5-19)16-20-6-7-25-26(11-20)43-18-42-25/h6-7,10-12,15,17,19,24,27,30,36,39H,2-5,8-9,13-14,16,18H2,1H3,(H,34,40). The van der Waals surface area contributed by atoms with Crippen molar-refractivity contribution >= 4 is 40.7 Å². The minimum Gasteiger partial charge on any atom is -0.493 e. The molecule has 2 aromatic carbocycles. The fraction of sp³-hybridized carbons (Fsp3) is 0.469. The average molecular weight is 721 g/mol. The van der Waals surface area contributed by atoms with Gasteiger partial charge < -0.3 is 39.4 Å². The molecule has 0 bridgehead atoms. The molecule has 236 valence electrons. The van der Waals surface area contributed by atoms with Gasteiger partial charge in [-0.2, -0.15) is 0 Å². The number of carbonyl (C=O) groups is 3. The van der Waals surface area contributed by atoms with Gasteiger partial charge in [-0.25, -0.2) is 0 Å². The van der Waals surface area contributed by atoms with Gasteiger partial charge in [0, 0.05) is 37.1 Å². The third-order valence-electron chi connectivity index (χ3n) is 8.30. The van der Waals surface area contributed by atoms with E-state index >= 15 is 0 Å². The summed E-state index contributed by atoms with van der Waals surface area (Å²) in [4.78, 5) is 40.3. The Balaban J connectivity index is 1.50. The van der Waals surface area contributed by atoms with Crippen LogP contribution in [-0.2, 0) is 16.1 Å². The molecule has 1 saturated carbocycles. The lowest BCUT2D eigenvalue weighted by atomic mass is 9.87. The van der Waals surface area contributed by atoms with E-state index in [4.69, 9.17) is 18.9 Å². The van der Waals surface area contributed by atoms with E-state index in [1.165, 1.54) is 13.2 Å². The summed E-state index contributed by atoms with van der Waals surface area (Å²) in [7, 11) is 1.45. The number of carbonyl (C=O) groups excluding carboxylic acids is 3. The largest absolute Gasteiger partial charge is 0.493 e. The fourth-order valence-electron chi connectivity index (χ4n) is 6.04. The van der Waals surface area contributed by atoms with Crippen molar-refractivity contribution in [3.63, 3.8) is 0 Å². The molecule has 5 rings (SSSR count). The third-order valence-corrected chi connectivity index (χ3v) is 9.11. The predicted octanol–water partition coefficient (Wildman–Crippen LogP) is 3.37. The van der Waals surface area contributed by atoms with Gasteiger partial charge in [-0.3, -0.25) is 14.4 Å². The zero-order valence-corrected chi connectivity index (χ0v) is 26.7. The van der Waals surface area contributed by atoms with Crippen LogP contribution in [0.2, 0.25) is 0 Å². The van der Waals surface area contributed by atoms with Gasteiger partial charge in [0.2, 0.25) is 18.6 Å². The Hall–Kier alpha value is -3.36. The number of aliphatic hydroxyl groups excluding tert-OH is 2. The van der Waals surface area contributed by atoms with Crippen LogP contribution in [-0.4, -0.2) is 78.5 Å². The molecule has 1 fully saturated rings. The summed E-state index contributed by atoms with van der Waals surface area (Å²) in [5.41, 5.74) is 1.51. The molecule has 1 aliphatic heterocycles. The number of halogens is 1. The number of amides is 2. The molecule has 3 atom stereocenters. The molecule has 3 aliphatic rings. The molecule has 2 aliphatic carbocycles. The maximum Gasteiger partial charge on any atom is 0.247 e. The van der Waals surface area contributed by atoms with Crippen molar-refractivity contribution in [1.82, 2.24) is 10.2 Å². The number of nitrogens with zero attached hydrogens (tertiary/aromatic N) is 1. The van der Waals surface area contributed by atoms with Crippen molar-refractivity contribution in [2.24, 2.45) is 5.92 Å². The Bertz CT molecular complexity index is 1410. The van der Waals surface area contributed by atoms with E-state index in [1.807, 2.05) is 34.7 Å². The summed E-state index contributed by atoms with van der Waals surface area (Å²) < 4.78 is 23.4. The highest BCUT2D eigenvalue weighted by Crippen LogP contribution is 2.38. The van der Waals surface area contributed by atoms with Crippen molar-refractivity contribution in [3.05, 3.63) is 56.7 Å². The monoisotopic (exact) mass is 720 g/mol. The second kappa shape index (κ2) is 14.6. The molecule has 3 N–H and O–H groups in total. The third kappa shape index (κ3) is 7.29. The van der Waals surface area contributed by atoms with Crippen molar-refractivity contribution in [2.75, 3.05) is 27.1 Å². The number of rotatable bonds is 12. The Labute approximate surface area is 269 Å². The van der Waals surface area contributed by atoms with E-state index < -0.39 is 24.2 Å². The first kappa shape index (κ1) is 32.0. The average Bonchev–Trinajstić information content (AvgIpc) is 3.72. The number of hydrogen-bond donors (Lipinski definition) is 3. The van der Waals surface area contributed by atoms with Gasteiger partial charge in [0.25, 0.3) is 0 Å². The van der Waals surface area contributed by atoms with Gasteiger partial charge in [-0.1, -0.05) is 18.9 Å².